The van der Waals surface area contributed by atoms with E-state index in [0.29, 0.717) is 19.3 Å². The van der Waals surface area contributed by atoms with Gasteiger partial charge in [-0.2, -0.15) is 0 Å². The minimum atomic E-state index is -0.792. The van der Waals surface area contributed by atoms with Crippen molar-refractivity contribution in [1.29, 1.82) is 0 Å². The summed E-state index contributed by atoms with van der Waals surface area (Å²) in [7, 11) is 0. The Bertz CT molecular complexity index is 1240. The van der Waals surface area contributed by atoms with Crippen molar-refractivity contribution in [1.82, 2.24) is 0 Å². The Balaban J connectivity index is 4.40. The Morgan fingerprint density at radius 1 is 0.333 bits per heavy atom. The quantitative estimate of drug-likeness (QED) is 0.0262. The normalized spacial score (nSPS) is 12.7. The van der Waals surface area contributed by atoms with E-state index in [9.17, 15) is 14.4 Å². The number of hydrogen-bond donors (Lipinski definition) is 0. The number of esters is 3. The molecule has 1 atom stereocenters. The monoisotopic (exact) mass is 877 g/mol. The predicted octanol–water partition coefficient (Wildman–Crippen LogP) is 17.2. The highest BCUT2D eigenvalue weighted by molar-refractivity contribution is 5.71. The summed E-state index contributed by atoms with van der Waals surface area (Å²) in [5, 5.41) is 0. The van der Waals surface area contributed by atoms with Gasteiger partial charge < -0.3 is 14.2 Å². The van der Waals surface area contributed by atoms with Crippen LogP contribution in [0.1, 0.15) is 239 Å². The second kappa shape index (κ2) is 51.2. The van der Waals surface area contributed by atoms with Crippen LogP contribution in [0.2, 0.25) is 0 Å². The molecule has 1 unspecified atom stereocenters. The van der Waals surface area contributed by atoms with Crippen LogP contribution in [-0.4, -0.2) is 37.2 Å². The second-order valence-corrected chi connectivity index (χ2v) is 17.1. The lowest BCUT2D eigenvalue weighted by Crippen LogP contribution is -2.30. The molecule has 0 aliphatic carbocycles. The predicted molar refractivity (Wildman–Crippen MR) is 270 cm³/mol. The van der Waals surface area contributed by atoms with Gasteiger partial charge in [0.25, 0.3) is 0 Å². The summed E-state index contributed by atoms with van der Waals surface area (Å²) in [5.41, 5.74) is 0. The standard InChI is InChI=1S/C57H96O6/c1-4-7-10-13-16-19-21-23-25-27-28-30-31-33-35-38-41-44-47-50-56(59)62-53-54(52-61-55(58)49-46-43-40-37-18-15-12-9-6-3)63-57(60)51-48-45-42-39-36-34-32-29-26-24-22-20-17-14-11-8-5-2/h7,10,16-17,19-20,23-26,28,30,33,35,54H,4-6,8-9,11-15,18,21-22,27,29,31-32,34,36-53H2,1-3H3/b10-7-,19-16-,20-17-,25-23-,26-24-,30-28-,35-33-. The first-order valence-corrected chi connectivity index (χ1v) is 26.1. The van der Waals surface area contributed by atoms with Crippen molar-refractivity contribution in [2.45, 2.75) is 245 Å². The number of ether oxygens (including phenoxy) is 3. The van der Waals surface area contributed by atoms with Crippen molar-refractivity contribution >= 4 is 17.9 Å². The third-order valence-corrected chi connectivity index (χ3v) is 10.9. The van der Waals surface area contributed by atoms with Gasteiger partial charge in [0, 0.05) is 19.3 Å². The van der Waals surface area contributed by atoms with E-state index in [0.717, 1.165) is 109 Å². The minimum Gasteiger partial charge on any atom is -0.462 e. The van der Waals surface area contributed by atoms with Crippen LogP contribution in [0.4, 0.5) is 0 Å². The van der Waals surface area contributed by atoms with E-state index in [4.69, 9.17) is 14.2 Å². The molecule has 63 heavy (non-hydrogen) atoms. The van der Waals surface area contributed by atoms with E-state index in [1.807, 2.05) is 0 Å². The third-order valence-electron chi connectivity index (χ3n) is 10.9. The van der Waals surface area contributed by atoms with Crippen molar-refractivity contribution in [3.63, 3.8) is 0 Å². The third kappa shape index (κ3) is 49.5. The Kier molecular flexibility index (Phi) is 48.5. The van der Waals surface area contributed by atoms with Crippen LogP contribution in [0, 0.1) is 0 Å². The average Bonchev–Trinajstić information content (AvgIpc) is 3.28. The van der Waals surface area contributed by atoms with Crippen molar-refractivity contribution in [3.8, 4) is 0 Å². The summed E-state index contributed by atoms with van der Waals surface area (Å²) in [4.78, 5) is 37.9. The van der Waals surface area contributed by atoms with Crippen LogP contribution in [0.3, 0.4) is 0 Å². The molecule has 0 saturated carbocycles. The van der Waals surface area contributed by atoms with E-state index < -0.39 is 6.10 Å². The number of allylic oxidation sites excluding steroid dienone is 14. The molecule has 6 nitrogen and oxygen atoms in total. The first-order valence-electron chi connectivity index (χ1n) is 26.1. The number of carbonyl (C=O) groups excluding carboxylic acids is 3. The SMILES string of the molecule is CC/C=C\C/C=C\C/C=C\C/C=C\C/C=C\CCCCCC(=O)OCC(COC(=O)CCCCCCCCCCC)OC(=O)CCCCCCCCC/C=C\C/C=C\CCCCC. The molecule has 0 saturated heterocycles. The van der Waals surface area contributed by atoms with E-state index in [1.165, 1.54) is 89.9 Å². The average molecular weight is 877 g/mol. The Morgan fingerprint density at radius 3 is 1.02 bits per heavy atom. The lowest BCUT2D eigenvalue weighted by atomic mass is 10.1. The summed E-state index contributed by atoms with van der Waals surface area (Å²) >= 11 is 0. The summed E-state index contributed by atoms with van der Waals surface area (Å²) < 4.78 is 16.7. The summed E-state index contributed by atoms with van der Waals surface area (Å²) in [6.45, 7) is 6.44. The Morgan fingerprint density at radius 2 is 0.619 bits per heavy atom. The van der Waals surface area contributed by atoms with Crippen LogP contribution >= 0.6 is 0 Å². The highest BCUT2D eigenvalue weighted by atomic mass is 16.6. The zero-order valence-corrected chi connectivity index (χ0v) is 41.1. The maximum absolute atomic E-state index is 12.8. The molecule has 0 heterocycles. The minimum absolute atomic E-state index is 0.0898. The number of rotatable bonds is 46. The number of carbonyl (C=O) groups is 3. The fourth-order valence-electron chi connectivity index (χ4n) is 6.97. The lowest BCUT2D eigenvalue weighted by molar-refractivity contribution is -0.167. The van der Waals surface area contributed by atoms with Crippen LogP contribution < -0.4 is 0 Å². The highest BCUT2D eigenvalue weighted by Gasteiger charge is 2.19. The van der Waals surface area contributed by atoms with Gasteiger partial charge in [0.15, 0.2) is 6.10 Å². The molecule has 0 amide bonds. The molecule has 6 heteroatoms. The van der Waals surface area contributed by atoms with Crippen LogP contribution in [0.5, 0.6) is 0 Å². The van der Waals surface area contributed by atoms with Gasteiger partial charge in [0.1, 0.15) is 13.2 Å². The van der Waals surface area contributed by atoms with Crippen molar-refractivity contribution in [2.24, 2.45) is 0 Å². The summed E-state index contributed by atoms with van der Waals surface area (Å²) in [6, 6.07) is 0. The second-order valence-electron chi connectivity index (χ2n) is 17.1. The molecule has 0 rings (SSSR count). The summed E-state index contributed by atoms with van der Waals surface area (Å²) in [6.07, 6.45) is 65.7. The maximum Gasteiger partial charge on any atom is 0.306 e. The van der Waals surface area contributed by atoms with E-state index in [-0.39, 0.29) is 31.1 Å². The molecular weight excluding hydrogens is 781 g/mol. The molecule has 0 fully saturated rings. The molecule has 0 aromatic carbocycles. The fraction of sp³-hybridized carbons (Fsp3) is 0.702. The number of hydrogen-bond acceptors (Lipinski definition) is 6. The van der Waals surface area contributed by atoms with Crippen LogP contribution in [-0.2, 0) is 28.6 Å². The largest absolute Gasteiger partial charge is 0.462 e. The van der Waals surface area contributed by atoms with Gasteiger partial charge in [-0.15, -0.1) is 0 Å². The Labute approximate surface area is 388 Å². The van der Waals surface area contributed by atoms with Crippen LogP contribution in [0.25, 0.3) is 0 Å². The topological polar surface area (TPSA) is 78.9 Å². The summed E-state index contributed by atoms with van der Waals surface area (Å²) in [5.74, 6) is -0.934. The molecule has 0 aliphatic heterocycles. The molecule has 0 aliphatic rings. The molecule has 0 N–H and O–H groups in total. The fourth-order valence-corrected chi connectivity index (χ4v) is 6.97. The van der Waals surface area contributed by atoms with Gasteiger partial charge >= 0.3 is 17.9 Å². The molecule has 0 spiro atoms. The molecule has 0 radical (unpaired) electrons. The molecule has 0 aromatic heterocycles. The van der Waals surface area contributed by atoms with Gasteiger partial charge in [-0.1, -0.05) is 209 Å². The first kappa shape index (κ1) is 59.6. The van der Waals surface area contributed by atoms with Gasteiger partial charge in [0.2, 0.25) is 0 Å². The first-order chi connectivity index (χ1) is 31.0. The molecule has 360 valence electrons. The highest BCUT2D eigenvalue weighted by Crippen LogP contribution is 2.14. The van der Waals surface area contributed by atoms with Crippen molar-refractivity contribution in [2.75, 3.05) is 13.2 Å². The Hall–Kier alpha value is -3.41. The maximum atomic E-state index is 12.8. The zero-order valence-electron chi connectivity index (χ0n) is 41.1. The van der Waals surface area contributed by atoms with Crippen molar-refractivity contribution in [3.05, 3.63) is 85.1 Å². The lowest BCUT2D eigenvalue weighted by Gasteiger charge is -2.18. The zero-order chi connectivity index (χ0) is 45.8. The van der Waals surface area contributed by atoms with Gasteiger partial charge in [0.05, 0.1) is 0 Å². The van der Waals surface area contributed by atoms with Crippen molar-refractivity contribution < 1.29 is 28.6 Å². The molecular formula is C57H96O6. The van der Waals surface area contributed by atoms with Gasteiger partial charge in [-0.3, -0.25) is 14.4 Å². The molecule has 0 bridgehead atoms. The van der Waals surface area contributed by atoms with E-state index in [1.54, 1.807) is 0 Å². The van der Waals surface area contributed by atoms with E-state index in [2.05, 4.69) is 106 Å². The van der Waals surface area contributed by atoms with Crippen LogP contribution in [0.15, 0.2) is 85.1 Å². The molecule has 0 aromatic rings. The van der Waals surface area contributed by atoms with E-state index >= 15 is 0 Å². The van der Waals surface area contributed by atoms with Gasteiger partial charge in [-0.25, -0.2) is 0 Å². The number of unbranched alkanes of at least 4 members (excludes halogenated alkanes) is 21. The van der Waals surface area contributed by atoms with Gasteiger partial charge in [-0.05, 0) is 96.3 Å². The smallest absolute Gasteiger partial charge is 0.306 e.